The van der Waals surface area contributed by atoms with Crippen LogP contribution >= 0.6 is 0 Å². The van der Waals surface area contributed by atoms with Gasteiger partial charge in [-0.1, -0.05) is 53.7 Å². The molecule has 5 aromatic rings. The lowest BCUT2D eigenvalue weighted by Gasteiger charge is -2.23. The highest BCUT2D eigenvalue weighted by Crippen LogP contribution is 2.34. The van der Waals surface area contributed by atoms with Crippen molar-refractivity contribution < 1.29 is 26.7 Å². The van der Waals surface area contributed by atoms with Crippen LogP contribution in [0.3, 0.4) is 0 Å². The maximum absolute atomic E-state index is 15.6. The van der Waals surface area contributed by atoms with Crippen molar-refractivity contribution in [2.75, 3.05) is 13.7 Å². The van der Waals surface area contributed by atoms with E-state index < -0.39 is 52.8 Å². The highest BCUT2D eigenvalue weighted by molar-refractivity contribution is 5.67. The maximum Gasteiger partial charge on any atom is 0.416 e. The smallest absolute Gasteiger partial charge is 0.416 e. The van der Waals surface area contributed by atoms with Crippen LogP contribution in [0, 0.1) is 18.6 Å². The Kier molecular flexibility index (Phi) is 9.94. The second-order valence-electron chi connectivity index (χ2n) is 10.7. The number of halogens is 5. The number of aromatic amines is 1. The number of rotatable bonds is 12. The lowest BCUT2D eigenvalue weighted by atomic mass is 10.0. The van der Waals surface area contributed by atoms with E-state index in [2.05, 4.69) is 25.9 Å². The summed E-state index contributed by atoms with van der Waals surface area (Å²) in [5.41, 5.74) is -3.91. The second-order valence-corrected chi connectivity index (χ2v) is 10.7. The van der Waals surface area contributed by atoms with E-state index in [4.69, 9.17) is 4.74 Å². The molecule has 0 aliphatic heterocycles. The van der Waals surface area contributed by atoms with Crippen molar-refractivity contribution in [3.8, 4) is 16.9 Å². The van der Waals surface area contributed by atoms with Crippen molar-refractivity contribution >= 4 is 0 Å². The van der Waals surface area contributed by atoms with Crippen LogP contribution in [-0.4, -0.2) is 43.4 Å². The molecule has 2 aromatic heterocycles. The maximum atomic E-state index is 15.6. The van der Waals surface area contributed by atoms with Gasteiger partial charge in [0.05, 0.1) is 37.4 Å². The van der Waals surface area contributed by atoms with Gasteiger partial charge in [-0.05, 0) is 43.7 Å². The summed E-state index contributed by atoms with van der Waals surface area (Å²) in [6, 6.07) is 14.8. The Balaban J connectivity index is 1.65. The van der Waals surface area contributed by atoms with E-state index >= 15 is 8.78 Å². The predicted octanol–water partition coefficient (Wildman–Crippen LogP) is 4.82. The van der Waals surface area contributed by atoms with Gasteiger partial charge in [-0.2, -0.15) is 18.4 Å². The minimum atomic E-state index is -4.94. The molecule has 2 N–H and O–H groups in total. The molecule has 2 heterocycles. The Labute approximate surface area is 264 Å². The summed E-state index contributed by atoms with van der Waals surface area (Å²) in [6.07, 6.45) is -3.90. The van der Waals surface area contributed by atoms with E-state index in [0.29, 0.717) is 36.8 Å². The number of H-pyrrole nitrogens is 1. The summed E-state index contributed by atoms with van der Waals surface area (Å²) >= 11 is 0. The van der Waals surface area contributed by atoms with Crippen molar-refractivity contribution in [1.82, 2.24) is 35.1 Å². The third-order valence-corrected chi connectivity index (χ3v) is 7.80. The van der Waals surface area contributed by atoms with Crippen LogP contribution in [0.25, 0.3) is 11.1 Å². The quantitative estimate of drug-likeness (QED) is 0.146. The third-order valence-electron chi connectivity index (χ3n) is 7.80. The van der Waals surface area contributed by atoms with E-state index in [1.807, 2.05) is 0 Å². The minimum Gasteiger partial charge on any atom is -0.494 e. The fourth-order valence-electron chi connectivity index (χ4n) is 5.43. The Morgan fingerprint density at radius 3 is 2.40 bits per heavy atom. The first kappa shape index (κ1) is 33.2. The van der Waals surface area contributed by atoms with Gasteiger partial charge in [0.1, 0.15) is 5.82 Å². The van der Waals surface area contributed by atoms with Crippen LogP contribution in [0.4, 0.5) is 22.0 Å². The average Bonchev–Trinajstić information content (AvgIpc) is 3.57. The first-order chi connectivity index (χ1) is 22.5. The number of hydrogen-bond acceptors (Lipinski definition) is 7. The highest BCUT2D eigenvalue weighted by atomic mass is 19.4. The molecule has 0 aliphatic carbocycles. The van der Waals surface area contributed by atoms with Gasteiger partial charge < -0.3 is 10.1 Å². The highest BCUT2D eigenvalue weighted by Gasteiger charge is 2.35. The summed E-state index contributed by atoms with van der Waals surface area (Å²) < 4.78 is 79.3. The van der Waals surface area contributed by atoms with Gasteiger partial charge in [-0.3, -0.25) is 13.9 Å². The fourth-order valence-corrected chi connectivity index (χ4v) is 5.43. The molecule has 0 radical (unpaired) electrons. The van der Waals surface area contributed by atoms with Crippen molar-refractivity contribution in [3.63, 3.8) is 0 Å². The summed E-state index contributed by atoms with van der Waals surface area (Å²) in [7, 11) is 1.24. The normalized spacial score (nSPS) is 12.3. The number of nitrogens with zero attached hydrogens (tertiary/aromatic N) is 5. The number of alkyl halides is 3. The van der Waals surface area contributed by atoms with Crippen LogP contribution in [0.15, 0.2) is 76.3 Å². The van der Waals surface area contributed by atoms with Crippen molar-refractivity contribution in [2.45, 2.75) is 45.1 Å². The van der Waals surface area contributed by atoms with E-state index in [0.717, 1.165) is 21.3 Å². The van der Waals surface area contributed by atoms with Gasteiger partial charge in [-0.25, -0.2) is 13.6 Å². The predicted molar refractivity (Wildman–Crippen MR) is 162 cm³/mol. The molecule has 1 atom stereocenters. The van der Waals surface area contributed by atoms with E-state index in [9.17, 15) is 22.8 Å². The lowest BCUT2D eigenvalue weighted by molar-refractivity contribution is -0.138. The number of hydrogen-bond donors (Lipinski definition) is 2. The largest absolute Gasteiger partial charge is 0.494 e. The SMILES string of the molecule is COc1cccc(-c2c(C)n(Cc3c(F)cccc3C(F)(F)F)c(=O)n(C[C@H](NCCCc3nn[nH]n3)c3ccccc3)c2=O)c1F. The third kappa shape index (κ3) is 7.14. The molecule has 3 aromatic carbocycles. The molecule has 246 valence electrons. The molecule has 0 fully saturated rings. The molecule has 0 spiro atoms. The monoisotopic (exact) mass is 655 g/mol. The molecular weight excluding hydrogens is 625 g/mol. The number of aryl methyl sites for hydroxylation is 1. The van der Waals surface area contributed by atoms with Crippen LogP contribution < -0.4 is 21.3 Å². The van der Waals surface area contributed by atoms with Gasteiger partial charge in [0.2, 0.25) is 0 Å². The zero-order chi connectivity index (χ0) is 33.7. The number of nitrogens with one attached hydrogen (secondary N) is 2. The van der Waals surface area contributed by atoms with E-state index in [-0.39, 0.29) is 29.1 Å². The minimum absolute atomic E-state index is 0.149. The molecule has 0 saturated heterocycles. The summed E-state index contributed by atoms with van der Waals surface area (Å²) in [6.45, 7) is 0.538. The Hall–Kier alpha value is -5.18. The summed E-state index contributed by atoms with van der Waals surface area (Å²) in [5, 5.41) is 17.1. The summed E-state index contributed by atoms with van der Waals surface area (Å²) in [4.78, 5) is 28.2. The topological polar surface area (TPSA) is 120 Å². The number of ether oxygens (including phenoxy) is 1. The molecule has 5 rings (SSSR count). The standard InChI is InChI=1S/C32H30F5N7O3/c1-19-28(21-11-6-14-26(47-2)29(21)34)30(45)44(31(46)43(19)17-22-23(32(35,36)37)12-7-13-24(22)33)18-25(20-9-4-3-5-10-20)38-16-8-15-27-39-41-42-40-27/h3-7,9-14,25,38H,8,15-18H2,1-2H3,(H,39,40,41,42)/t25-/m0/s1. The second kappa shape index (κ2) is 14.1. The molecular formula is C32H30F5N7O3. The zero-order valence-corrected chi connectivity index (χ0v) is 25.3. The van der Waals surface area contributed by atoms with Crippen LogP contribution in [0.1, 0.15) is 40.7 Å². The van der Waals surface area contributed by atoms with Gasteiger partial charge in [0, 0.05) is 23.2 Å². The Bertz CT molecular complexity index is 1960. The molecule has 47 heavy (non-hydrogen) atoms. The van der Waals surface area contributed by atoms with E-state index in [1.54, 1.807) is 30.3 Å². The van der Waals surface area contributed by atoms with Crippen molar-refractivity contribution in [2.24, 2.45) is 0 Å². The summed E-state index contributed by atoms with van der Waals surface area (Å²) in [5.74, 6) is -1.79. The molecule has 0 amide bonds. The van der Waals surface area contributed by atoms with Gasteiger partial charge in [0.25, 0.3) is 5.56 Å². The first-order valence-corrected chi connectivity index (χ1v) is 14.5. The van der Waals surface area contributed by atoms with Crippen molar-refractivity contribution in [1.29, 1.82) is 0 Å². The molecule has 0 aliphatic rings. The van der Waals surface area contributed by atoms with Gasteiger partial charge >= 0.3 is 11.9 Å². The Morgan fingerprint density at radius 1 is 0.979 bits per heavy atom. The molecule has 0 bridgehead atoms. The lowest BCUT2D eigenvalue weighted by Crippen LogP contribution is -2.45. The Morgan fingerprint density at radius 2 is 1.72 bits per heavy atom. The zero-order valence-electron chi connectivity index (χ0n) is 25.3. The number of benzene rings is 3. The fraction of sp³-hybridized carbons (Fsp3) is 0.281. The first-order valence-electron chi connectivity index (χ1n) is 14.5. The van der Waals surface area contributed by atoms with Crippen molar-refractivity contribution in [3.05, 3.63) is 127 Å². The van der Waals surface area contributed by atoms with Gasteiger partial charge in [-0.15, -0.1) is 10.2 Å². The average molecular weight is 656 g/mol. The molecule has 0 saturated carbocycles. The van der Waals surface area contributed by atoms with Crippen LogP contribution in [0.2, 0.25) is 0 Å². The molecule has 0 unspecified atom stereocenters. The van der Waals surface area contributed by atoms with Crippen LogP contribution in [-0.2, 0) is 25.7 Å². The van der Waals surface area contributed by atoms with Gasteiger partial charge in [0.15, 0.2) is 17.4 Å². The van der Waals surface area contributed by atoms with E-state index in [1.165, 1.54) is 32.2 Å². The number of methoxy groups -OCH3 is 1. The molecule has 15 heteroatoms. The number of tetrazole rings is 1. The van der Waals surface area contributed by atoms with Crippen LogP contribution in [0.5, 0.6) is 5.75 Å². The number of aromatic nitrogens is 6. The molecule has 10 nitrogen and oxygen atoms in total.